The van der Waals surface area contributed by atoms with E-state index in [9.17, 15) is 4.79 Å². The summed E-state index contributed by atoms with van der Waals surface area (Å²) in [6.07, 6.45) is 6.22. The van der Waals surface area contributed by atoms with Crippen LogP contribution in [0.1, 0.15) is 20.3 Å². The molecule has 0 aromatic heterocycles. The summed E-state index contributed by atoms with van der Waals surface area (Å²) in [7, 11) is 0. The molecule has 1 atom stereocenters. The lowest BCUT2D eigenvalue weighted by molar-refractivity contribution is 0.270. The fourth-order valence-corrected chi connectivity index (χ4v) is 1.64. The summed E-state index contributed by atoms with van der Waals surface area (Å²) in [6.45, 7) is 6.64. The van der Waals surface area contributed by atoms with Crippen LogP contribution in [0.5, 0.6) is 0 Å². The highest BCUT2D eigenvalue weighted by Crippen LogP contribution is 2.19. The summed E-state index contributed by atoms with van der Waals surface area (Å²) < 4.78 is 0. The first-order valence-electron chi connectivity index (χ1n) is 4.71. The van der Waals surface area contributed by atoms with E-state index in [1.54, 1.807) is 6.20 Å². The van der Waals surface area contributed by atoms with Gasteiger partial charge < -0.3 is 4.90 Å². The van der Waals surface area contributed by atoms with Crippen molar-refractivity contribution in [3.63, 3.8) is 0 Å². The maximum atomic E-state index is 9.80. The summed E-state index contributed by atoms with van der Waals surface area (Å²) in [5, 5.41) is 0. The third-order valence-electron chi connectivity index (χ3n) is 2.47. The van der Waals surface area contributed by atoms with Gasteiger partial charge in [0, 0.05) is 18.8 Å². The van der Waals surface area contributed by atoms with Crippen molar-refractivity contribution in [1.29, 1.82) is 0 Å². The van der Waals surface area contributed by atoms with Gasteiger partial charge in [-0.1, -0.05) is 6.08 Å². The van der Waals surface area contributed by atoms with Crippen molar-refractivity contribution < 1.29 is 4.79 Å². The number of rotatable bonds is 3. The topological polar surface area (TPSA) is 32.7 Å². The Morgan fingerprint density at radius 1 is 1.62 bits per heavy atom. The lowest BCUT2D eigenvalue weighted by atomic mass is 10.1. The van der Waals surface area contributed by atoms with E-state index in [0.29, 0.717) is 12.0 Å². The van der Waals surface area contributed by atoms with E-state index in [1.165, 1.54) is 12.5 Å². The number of hydrogen-bond acceptors (Lipinski definition) is 3. The molecule has 0 aromatic carbocycles. The second-order valence-corrected chi connectivity index (χ2v) is 3.70. The molecule has 0 aliphatic carbocycles. The van der Waals surface area contributed by atoms with Crippen molar-refractivity contribution in [2.75, 3.05) is 13.1 Å². The normalized spacial score (nSPS) is 24.1. The van der Waals surface area contributed by atoms with Crippen LogP contribution in [-0.2, 0) is 4.79 Å². The third kappa shape index (κ3) is 3.13. The Labute approximate surface area is 79.1 Å². The van der Waals surface area contributed by atoms with Gasteiger partial charge in [0.1, 0.15) is 0 Å². The lowest BCUT2D eigenvalue weighted by Crippen LogP contribution is -2.27. The third-order valence-corrected chi connectivity index (χ3v) is 2.47. The number of nitrogens with zero attached hydrogens (tertiary/aromatic N) is 2. The Morgan fingerprint density at radius 2 is 2.38 bits per heavy atom. The van der Waals surface area contributed by atoms with E-state index < -0.39 is 0 Å². The van der Waals surface area contributed by atoms with Gasteiger partial charge in [-0.2, -0.15) is 4.99 Å². The minimum Gasteiger partial charge on any atom is -0.300 e. The van der Waals surface area contributed by atoms with Crippen molar-refractivity contribution in [2.24, 2.45) is 10.9 Å². The largest absolute Gasteiger partial charge is 0.300 e. The molecule has 0 spiro atoms. The summed E-state index contributed by atoms with van der Waals surface area (Å²) in [4.78, 5) is 15.6. The van der Waals surface area contributed by atoms with Gasteiger partial charge in [-0.05, 0) is 32.7 Å². The zero-order valence-corrected chi connectivity index (χ0v) is 8.23. The Hall–Kier alpha value is -0.920. The first-order valence-corrected chi connectivity index (χ1v) is 4.71. The van der Waals surface area contributed by atoms with Crippen LogP contribution in [-0.4, -0.2) is 30.1 Å². The molecule has 0 amide bonds. The lowest BCUT2D eigenvalue weighted by Gasteiger charge is -2.19. The fourth-order valence-electron chi connectivity index (χ4n) is 1.64. The van der Waals surface area contributed by atoms with Crippen LogP contribution in [0.2, 0.25) is 0 Å². The SMILES string of the molecule is CC(C)N1CCC(/C=C\N=C=O)C1. The minimum atomic E-state index is 0.555. The standard InChI is InChI=1S/C10H16N2O/c1-9(2)12-6-4-10(7-12)3-5-11-8-13/h3,5,9-10H,4,6-7H2,1-2H3/b5-3-. The molecular weight excluding hydrogens is 164 g/mol. The molecular formula is C10H16N2O. The maximum absolute atomic E-state index is 9.80. The second-order valence-electron chi connectivity index (χ2n) is 3.70. The molecule has 3 nitrogen and oxygen atoms in total. The summed E-state index contributed by atoms with van der Waals surface area (Å²) in [5.74, 6) is 0.555. The van der Waals surface area contributed by atoms with Crippen molar-refractivity contribution >= 4 is 6.08 Å². The average Bonchev–Trinajstić information content (AvgIpc) is 2.53. The average molecular weight is 180 g/mol. The van der Waals surface area contributed by atoms with E-state index in [0.717, 1.165) is 13.1 Å². The minimum absolute atomic E-state index is 0.555. The predicted molar refractivity (Wildman–Crippen MR) is 52.1 cm³/mol. The van der Waals surface area contributed by atoms with Crippen molar-refractivity contribution in [2.45, 2.75) is 26.3 Å². The monoisotopic (exact) mass is 180 g/mol. The molecule has 72 valence electrons. The maximum Gasteiger partial charge on any atom is 0.239 e. The fraction of sp³-hybridized carbons (Fsp3) is 0.700. The molecule has 3 heteroatoms. The van der Waals surface area contributed by atoms with E-state index in [-0.39, 0.29) is 0 Å². The van der Waals surface area contributed by atoms with Crippen LogP contribution in [0, 0.1) is 5.92 Å². The molecule has 0 aromatic rings. The van der Waals surface area contributed by atoms with Gasteiger partial charge >= 0.3 is 0 Å². The van der Waals surface area contributed by atoms with Crippen molar-refractivity contribution in [3.05, 3.63) is 12.3 Å². The molecule has 1 unspecified atom stereocenters. The highest BCUT2D eigenvalue weighted by molar-refractivity contribution is 5.34. The van der Waals surface area contributed by atoms with Crippen LogP contribution in [0.25, 0.3) is 0 Å². The number of isocyanates is 1. The van der Waals surface area contributed by atoms with Gasteiger partial charge in [0.05, 0.1) is 0 Å². The van der Waals surface area contributed by atoms with Crippen LogP contribution < -0.4 is 0 Å². The second kappa shape index (κ2) is 4.95. The zero-order valence-electron chi connectivity index (χ0n) is 8.23. The molecule has 0 bridgehead atoms. The molecule has 1 heterocycles. The molecule has 1 aliphatic rings. The van der Waals surface area contributed by atoms with E-state index in [1.807, 2.05) is 6.08 Å². The number of aliphatic imine (C=N–C) groups is 1. The molecule has 1 rings (SSSR count). The van der Waals surface area contributed by atoms with Crippen LogP contribution in [0.4, 0.5) is 0 Å². The van der Waals surface area contributed by atoms with Gasteiger partial charge in [-0.25, -0.2) is 4.79 Å². The predicted octanol–water partition coefficient (Wildman–Crippen LogP) is 1.57. The molecule has 0 N–H and O–H groups in total. The van der Waals surface area contributed by atoms with Crippen LogP contribution in [0.3, 0.4) is 0 Å². The Balaban J connectivity index is 2.36. The molecule has 13 heavy (non-hydrogen) atoms. The zero-order chi connectivity index (χ0) is 9.68. The summed E-state index contributed by atoms with van der Waals surface area (Å²) in [6, 6.07) is 0.618. The van der Waals surface area contributed by atoms with Crippen LogP contribution >= 0.6 is 0 Å². The Kier molecular flexibility index (Phi) is 3.87. The van der Waals surface area contributed by atoms with E-state index in [2.05, 4.69) is 23.7 Å². The van der Waals surface area contributed by atoms with Crippen LogP contribution in [0.15, 0.2) is 17.3 Å². The first kappa shape index (κ1) is 10.2. The van der Waals surface area contributed by atoms with Gasteiger partial charge in [0.25, 0.3) is 0 Å². The summed E-state index contributed by atoms with van der Waals surface area (Å²) in [5.41, 5.74) is 0. The molecule has 0 saturated carbocycles. The highest BCUT2D eigenvalue weighted by Gasteiger charge is 2.21. The molecule has 1 saturated heterocycles. The van der Waals surface area contributed by atoms with E-state index >= 15 is 0 Å². The number of hydrogen-bond donors (Lipinski definition) is 0. The smallest absolute Gasteiger partial charge is 0.239 e. The highest BCUT2D eigenvalue weighted by atomic mass is 16.1. The van der Waals surface area contributed by atoms with Gasteiger partial charge in [0.15, 0.2) is 0 Å². The first-order chi connectivity index (χ1) is 6.24. The van der Waals surface area contributed by atoms with Gasteiger partial charge in [-0.3, -0.25) is 0 Å². The van der Waals surface area contributed by atoms with Gasteiger partial charge in [0.2, 0.25) is 6.08 Å². The van der Waals surface area contributed by atoms with Gasteiger partial charge in [-0.15, -0.1) is 0 Å². The van der Waals surface area contributed by atoms with Crippen molar-refractivity contribution in [3.8, 4) is 0 Å². The molecule has 1 fully saturated rings. The number of likely N-dealkylation sites (tertiary alicyclic amines) is 1. The number of carbonyl (C=O) groups excluding carboxylic acids is 1. The Bertz CT molecular complexity index is 229. The van der Waals surface area contributed by atoms with Crippen molar-refractivity contribution in [1.82, 2.24) is 4.90 Å². The quantitative estimate of drug-likeness (QED) is 0.488. The molecule has 1 aliphatic heterocycles. The molecule has 0 radical (unpaired) electrons. The summed E-state index contributed by atoms with van der Waals surface area (Å²) >= 11 is 0. The van der Waals surface area contributed by atoms with E-state index in [4.69, 9.17) is 0 Å². The Morgan fingerprint density at radius 3 is 2.92 bits per heavy atom.